The molecular formula is C15H20N2O4S. The third kappa shape index (κ3) is 4.56. The largest absolute Gasteiger partial charge is 0.481 e. The number of rotatable bonds is 5. The molecule has 7 heteroatoms. The molecule has 1 aromatic heterocycles. The average molecular weight is 324 g/mol. The van der Waals surface area contributed by atoms with Crippen LogP contribution in [0.4, 0.5) is 0 Å². The van der Waals surface area contributed by atoms with Crippen molar-refractivity contribution in [3.05, 3.63) is 21.9 Å². The van der Waals surface area contributed by atoms with Crippen molar-refractivity contribution in [2.75, 3.05) is 19.6 Å². The molecule has 1 aliphatic rings. The maximum atomic E-state index is 12.1. The molecule has 0 aliphatic carbocycles. The van der Waals surface area contributed by atoms with Gasteiger partial charge in [0.05, 0.1) is 11.4 Å². The third-order valence-corrected chi connectivity index (χ3v) is 4.79. The van der Waals surface area contributed by atoms with Crippen LogP contribution >= 0.6 is 11.3 Å². The van der Waals surface area contributed by atoms with E-state index in [1.807, 2.05) is 13.0 Å². The van der Waals surface area contributed by atoms with E-state index in [0.717, 1.165) is 4.88 Å². The lowest BCUT2D eigenvalue weighted by Gasteiger charge is -2.31. The Labute approximate surface area is 133 Å². The summed E-state index contributed by atoms with van der Waals surface area (Å²) >= 11 is 1.40. The molecule has 6 nitrogen and oxygen atoms in total. The van der Waals surface area contributed by atoms with Crippen molar-refractivity contribution in [3.8, 4) is 0 Å². The van der Waals surface area contributed by atoms with E-state index in [1.54, 1.807) is 11.0 Å². The molecule has 1 saturated heterocycles. The van der Waals surface area contributed by atoms with Crippen LogP contribution in [0.3, 0.4) is 0 Å². The number of piperidine rings is 1. The van der Waals surface area contributed by atoms with Gasteiger partial charge in [0.1, 0.15) is 0 Å². The predicted octanol–water partition coefficient (Wildman–Crippen LogP) is 1.50. The van der Waals surface area contributed by atoms with Gasteiger partial charge in [0.2, 0.25) is 5.91 Å². The molecule has 1 aromatic rings. The number of carbonyl (C=O) groups excluding carboxylic acids is 2. The minimum Gasteiger partial charge on any atom is -0.481 e. The standard InChI is InChI=1S/C15H20N2O4S/c1-10-2-3-12(22-10)15(21)16-9-13(18)17-6-4-11(5-7-17)8-14(19)20/h2-3,11H,4-9H2,1H3,(H,16,21)(H,19,20). The summed E-state index contributed by atoms with van der Waals surface area (Å²) in [5.41, 5.74) is 0. The molecule has 0 unspecified atom stereocenters. The Morgan fingerprint density at radius 3 is 2.55 bits per heavy atom. The van der Waals surface area contributed by atoms with Crippen LogP contribution in [0.15, 0.2) is 12.1 Å². The van der Waals surface area contributed by atoms with Crippen LogP contribution in [0.1, 0.15) is 33.8 Å². The van der Waals surface area contributed by atoms with Gasteiger partial charge in [-0.1, -0.05) is 0 Å². The van der Waals surface area contributed by atoms with Gasteiger partial charge in [-0.05, 0) is 37.8 Å². The smallest absolute Gasteiger partial charge is 0.303 e. The Kier molecular flexibility index (Phi) is 5.54. The Hall–Kier alpha value is -1.89. The highest BCUT2D eigenvalue weighted by molar-refractivity contribution is 7.13. The normalized spacial score (nSPS) is 15.6. The molecule has 0 atom stereocenters. The zero-order valence-corrected chi connectivity index (χ0v) is 13.3. The molecular weight excluding hydrogens is 304 g/mol. The summed E-state index contributed by atoms with van der Waals surface area (Å²) in [6.45, 7) is 3.03. The van der Waals surface area contributed by atoms with Gasteiger partial charge in [-0.25, -0.2) is 0 Å². The molecule has 1 fully saturated rings. The van der Waals surface area contributed by atoms with Crippen molar-refractivity contribution in [1.82, 2.24) is 10.2 Å². The van der Waals surface area contributed by atoms with Gasteiger partial charge in [-0.3, -0.25) is 14.4 Å². The number of thiophene rings is 1. The van der Waals surface area contributed by atoms with Crippen LogP contribution in [-0.2, 0) is 9.59 Å². The first-order valence-corrected chi connectivity index (χ1v) is 8.11. The number of carbonyl (C=O) groups is 3. The molecule has 0 saturated carbocycles. The molecule has 0 bridgehead atoms. The number of aliphatic carboxylic acids is 1. The first-order chi connectivity index (χ1) is 10.5. The second-order valence-corrected chi connectivity index (χ2v) is 6.80. The van der Waals surface area contributed by atoms with E-state index in [0.29, 0.717) is 30.8 Å². The number of carboxylic acid groups (broad SMARTS) is 1. The van der Waals surface area contributed by atoms with E-state index in [-0.39, 0.29) is 30.7 Å². The number of carboxylic acids is 1. The monoisotopic (exact) mass is 324 g/mol. The van der Waals surface area contributed by atoms with Crippen LogP contribution in [0.5, 0.6) is 0 Å². The van der Waals surface area contributed by atoms with Gasteiger partial charge < -0.3 is 15.3 Å². The number of likely N-dealkylation sites (tertiary alicyclic amines) is 1. The minimum atomic E-state index is -0.789. The van der Waals surface area contributed by atoms with Gasteiger partial charge in [-0.2, -0.15) is 0 Å². The van der Waals surface area contributed by atoms with E-state index in [9.17, 15) is 14.4 Å². The summed E-state index contributed by atoms with van der Waals surface area (Å²) in [5.74, 6) is -0.990. The fraction of sp³-hybridized carbons (Fsp3) is 0.533. The van der Waals surface area contributed by atoms with Crippen LogP contribution in [0, 0.1) is 12.8 Å². The molecule has 2 N–H and O–H groups in total. The van der Waals surface area contributed by atoms with Gasteiger partial charge in [0.15, 0.2) is 0 Å². The second-order valence-electron chi connectivity index (χ2n) is 5.51. The van der Waals surface area contributed by atoms with Gasteiger partial charge in [-0.15, -0.1) is 11.3 Å². The Bertz CT molecular complexity index is 562. The maximum absolute atomic E-state index is 12.1. The number of nitrogens with zero attached hydrogens (tertiary/aromatic N) is 1. The summed E-state index contributed by atoms with van der Waals surface area (Å²) in [6, 6.07) is 3.62. The Morgan fingerprint density at radius 2 is 2.00 bits per heavy atom. The molecule has 2 rings (SSSR count). The zero-order valence-electron chi connectivity index (χ0n) is 12.5. The van der Waals surface area contributed by atoms with E-state index < -0.39 is 5.97 Å². The van der Waals surface area contributed by atoms with Crippen LogP contribution in [-0.4, -0.2) is 47.4 Å². The van der Waals surface area contributed by atoms with Crippen molar-refractivity contribution in [2.45, 2.75) is 26.2 Å². The number of aryl methyl sites for hydroxylation is 1. The summed E-state index contributed by atoms with van der Waals surface area (Å²) < 4.78 is 0. The fourth-order valence-electron chi connectivity index (χ4n) is 2.54. The topological polar surface area (TPSA) is 86.7 Å². The Balaban J connectivity index is 1.74. The molecule has 0 spiro atoms. The van der Waals surface area contributed by atoms with Crippen molar-refractivity contribution >= 4 is 29.1 Å². The molecule has 22 heavy (non-hydrogen) atoms. The van der Waals surface area contributed by atoms with Crippen molar-refractivity contribution < 1.29 is 19.5 Å². The molecule has 1 aliphatic heterocycles. The summed E-state index contributed by atoms with van der Waals surface area (Å²) in [5, 5.41) is 11.4. The van der Waals surface area contributed by atoms with E-state index in [2.05, 4.69) is 5.32 Å². The predicted molar refractivity (Wildman–Crippen MR) is 82.9 cm³/mol. The molecule has 2 heterocycles. The highest BCUT2D eigenvalue weighted by Crippen LogP contribution is 2.20. The lowest BCUT2D eigenvalue weighted by molar-refractivity contribution is -0.138. The lowest BCUT2D eigenvalue weighted by Crippen LogP contribution is -2.44. The zero-order chi connectivity index (χ0) is 16.1. The SMILES string of the molecule is Cc1ccc(C(=O)NCC(=O)N2CCC(CC(=O)O)CC2)s1. The molecule has 0 aromatic carbocycles. The van der Waals surface area contributed by atoms with Crippen molar-refractivity contribution in [3.63, 3.8) is 0 Å². The lowest BCUT2D eigenvalue weighted by atomic mass is 9.93. The van der Waals surface area contributed by atoms with E-state index in [4.69, 9.17) is 5.11 Å². The van der Waals surface area contributed by atoms with Crippen LogP contribution in [0.2, 0.25) is 0 Å². The number of amides is 2. The summed E-state index contributed by atoms with van der Waals surface area (Å²) in [7, 11) is 0. The molecule has 0 radical (unpaired) electrons. The van der Waals surface area contributed by atoms with Gasteiger partial charge in [0.25, 0.3) is 5.91 Å². The second kappa shape index (κ2) is 7.40. The van der Waals surface area contributed by atoms with Gasteiger partial charge in [0, 0.05) is 24.4 Å². The first kappa shape index (κ1) is 16.5. The maximum Gasteiger partial charge on any atom is 0.303 e. The van der Waals surface area contributed by atoms with Crippen LogP contribution < -0.4 is 5.32 Å². The van der Waals surface area contributed by atoms with Crippen molar-refractivity contribution in [1.29, 1.82) is 0 Å². The summed E-state index contributed by atoms with van der Waals surface area (Å²) in [6.07, 6.45) is 1.57. The van der Waals surface area contributed by atoms with E-state index in [1.165, 1.54) is 11.3 Å². The fourth-order valence-corrected chi connectivity index (χ4v) is 3.33. The minimum absolute atomic E-state index is 0.0145. The highest BCUT2D eigenvalue weighted by atomic mass is 32.1. The van der Waals surface area contributed by atoms with Crippen LogP contribution in [0.25, 0.3) is 0 Å². The quantitative estimate of drug-likeness (QED) is 0.859. The average Bonchev–Trinajstić information content (AvgIpc) is 2.91. The molecule has 120 valence electrons. The molecule has 2 amide bonds. The third-order valence-electron chi connectivity index (χ3n) is 3.79. The number of hydrogen-bond acceptors (Lipinski definition) is 4. The highest BCUT2D eigenvalue weighted by Gasteiger charge is 2.24. The van der Waals surface area contributed by atoms with Crippen molar-refractivity contribution in [2.24, 2.45) is 5.92 Å². The summed E-state index contributed by atoms with van der Waals surface area (Å²) in [4.78, 5) is 38.0. The number of hydrogen-bond donors (Lipinski definition) is 2. The van der Waals surface area contributed by atoms with Gasteiger partial charge >= 0.3 is 5.97 Å². The Morgan fingerprint density at radius 1 is 1.32 bits per heavy atom. The van der Waals surface area contributed by atoms with E-state index >= 15 is 0 Å². The first-order valence-electron chi connectivity index (χ1n) is 7.30. The number of nitrogens with one attached hydrogen (secondary N) is 1.